The van der Waals surface area contributed by atoms with Gasteiger partial charge in [0.1, 0.15) is 17.4 Å². The lowest BCUT2D eigenvalue weighted by Crippen LogP contribution is -2.37. The molecule has 0 spiro atoms. The van der Waals surface area contributed by atoms with Crippen molar-refractivity contribution in [3.63, 3.8) is 0 Å². The van der Waals surface area contributed by atoms with E-state index in [1.807, 2.05) is 37.3 Å². The number of nitrogens with one attached hydrogen (secondary N) is 1. The smallest absolute Gasteiger partial charge is 0.189 e. The van der Waals surface area contributed by atoms with Crippen molar-refractivity contribution in [3.8, 4) is 11.4 Å². The number of fused-ring (bicyclic) bond motifs is 1. The zero-order valence-electron chi connectivity index (χ0n) is 15.6. The Balaban J connectivity index is 1.45. The Morgan fingerprint density at radius 2 is 2.21 bits per heavy atom. The van der Waals surface area contributed by atoms with E-state index in [0.717, 1.165) is 29.1 Å². The summed E-state index contributed by atoms with van der Waals surface area (Å²) in [4.78, 5) is 8.50. The standard InChI is InChI=1S/C21H22FN5O/c1-14-24-9-10-27(14)19-7-6-15(12-17(19)22)13-25-21(23)26-18-8-11-28-20-5-3-2-4-16(18)20/h2-7,9-10,12,18H,8,11,13H2,1H3,(H3,23,25,26). The van der Waals surface area contributed by atoms with E-state index in [9.17, 15) is 4.39 Å². The summed E-state index contributed by atoms with van der Waals surface area (Å²) < 4.78 is 21.9. The SMILES string of the molecule is Cc1nccn1-c1ccc(CN=C(N)NC2CCOc3ccccc32)cc1F. The molecule has 0 radical (unpaired) electrons. The van der Waals surface area contributed by atoms with Crippen molar-refractivity contribution in [2.45, 2.75) is 25.9 Å². The second-order valence-corrected chi connectivity index (χ2v) is 6.70. The molecule has 0 aliphatic carbocycles. The summed E-state index contributed by atoms with van der Waals surface area (Å²) in [5.41, 5.74) is 8.35. The number of guanidine groups is 1. The van der Waals surface area contributed by atoms with Gasteiger partial charge in [0.2, 0.25) is 0 Å². The Bertz CT molecular complexity index is 1010. The molecule has 28 heavy (non-hydrogen) atoms. The van der Waals surface area contributed by atoms with Crippen LogP contribution in [0.1, 0.15) is 29.4 Å². The van der Waals surface area contributed by atoms with Gasteiger partial charge in [0.05, 0.1) is 24.9 Å². The molecule has 1 aliphatic rings. The third-order valence-corrected chi connectivity index (χ3v) is 4.81. The molecule has 1 atom stereocenters. The summed E-state index contributed by atoms with van der Waals surface area (Å²) in [6, 6.07) is 13.0. The van der Waals surface area contributed by atoms with Gasteiger partial charge in [-0.1, -0.05) is 24.3 Å². The maximum Gasteiger partial charge on any atom is 0.189 e. The number of hydrogen-bond acceptors (Lipinski definition) is 3. The maximum absolute atomic E-state index is 14.5. The summed E-state index contributed by atoms with van der Waals surface area (Å²) in [5.74, 6) is 1.61. The zero-order chi connectivity index (χ0) is 19.5. The van der Waals surface area contributed by atoms with E-state index in [-0.39, 0.29) is 11.9 Å². The van der Waals surface area contributed by atoms with Crippen LogP contribution in [0.4, 0.5) is 4.39 Å². The van der Waals surface area contributed by atoms with E-state index in [4.69, 9.17) is 10.5 Å². The average molecular weight is 379 g/mol. The maximum atomic E-state index is 14.5. The van der Waals surface area contributed by atoms with Crippen LogP contribution in [-0.2, 0) is 6.54 Å². The van der Waals surface area contributed by atoms with E-state index in [1.165, 1.54) is 6.07 Å². The van der Waals surface area contributed by atoms with Gasteiger partial charge < -0.3 is 20.4 Å². The molecule has 3 aromatic rings. The van der Waals surface area contributed by atoms with Crippen molar-refractivity contribution in [1.29, 1.82) is 0 Å². The first-order chi connectivity index (χ1) is 13.6. The summed E-state index contributed by atoms with van der Waals surface area (Å²) in [6.07, 6.45) is 4.19. The molecular weight excluding hydrogens is 357 g/mol. The van der Waals surface area contributed by atoms with E-state index < -0.39 is 0 Å². The fourth-order valence-electron chi connectivity index (χ4n) is 3.37. The summed E-state index contributed by atoms with van der Waals surface area (Å²) in [7, 11) is 0. The molecule has 0 amide bonds. The number of halogens is 1. The number of aliphatic imine (C=N–C) groups is 1. The molecule has 144 valence electrons. The first kappa shape index (κ1) is 18.0. The number of ether oxygens (including phenoxy) is 1. The van der Waals surface area contributed by atoms with Crippen LogP contribution < -0.4 is 15.8 Å². The minimum atomic E-state index is -0.321. The van der Waals surface area contributed by atoms with E-state index in [0.29, 0.717) is 24.8 Å². The first-order valence-electron chi connectivity index (χ1n) is 9.19. The molecule has 7 heteroatoms. The molecule has 0 bridgehead atoms. The highest BCUT2D eigenvalue weighted by Gasteiger charge is 2.21. The number of imidazole rings is 1. The molecule has 2 aromatic carbocycles. The normalized spacial score (nSPS) is 16.4. The number of benzene rings is 2. The first-order valence-corrected chi connectivity index (χ1v) is 9.19. The van der Waals surface area contributed by atoms with Crippen LogP contribution in [0, 0.1) is 12.7 Å². The largest absolute Gasteiger partial charge is 0.493 e. The van der Waals surface area contributed by atoms with Crippen LogP contribution >= 0.6 is 0 Å². The molecule has 4 rings (SSSR count). The van der Waals surface area contributed by atoms with E-state index in [2.05, 4.69) is 15.3 Å². The van der Waals surface area contributed by atoms with Crippen LogP contribution in [-0.4, -0.2) is 22.1 Å². The fraction of sp³-hybridized carbons (Fsp3) is 0.238. The van der Waals surface area contributed by atoms with Crippen molar-refractivity contribution in [2.24, 2.45) is 10.7 Å². The van der Waals surface area contributed by atoms with Gasteiger partial charge in [0, 0.05) is 24.4 Å². The predicted molar refractivity (Wildman–Crippen MR) is 106 cm³/mol. The molecule has 3 N–H and O–H groups in total. The molecular formula is C21H22FN5O. The molecule has 2 heterocycles. The number of rotatable bonds is 4. The van der Waals surface area contributed by atoms with Gasteiger partial charge >= 0.3 is 0 Å². The van der Waals surface area contributed by atoms with Crippen LogP contribution in [0.5, 0.6) is 5.75 Å². The predicted octanol–water partition coefficient (Wildman–Crippen LogP) is 3.25. The Morgan fingerprint density at radius 3 is 3.00 bits per heavy atom. The fourth-order valence-corrected chi connectivity index (χ4v) is 3.37. The monoisotopic (exact) mass is 379 g/mol. The van der Waals surface area contributed by atoms with Crippen molar-refractivity contribution >= 4 is 5.96 Å². The van der Waals surface area contributed by atoms with Gasteiger partial charge in [-0.25, -0.2) is 14.4 Å². The van der Waals surface area contributed by atoms with Gasteiger partial charge in [-0.15, -0.1) is 0 Å². The molecule has 0 fully saturated rings. The third kappa shape index (κ3) is 3.69. The van der Waals surface area contributed by atoms with Crippen molar-refractivity contribution in [2.75, 3.05) is 6.61 Å². The molecule has 0 saturated carbocycles. The summed E-state index contributed by atoms with van der Waals surface area (Å²) >= 11 is 0. The quantitative estimate of drug-likeness (QED) is 0.539. The Morgan fingerprint density at radius 1 is 1.36 bits per heavy atom. The lowest BCUT2D eigenvalue weighted by Gasteiger charge is -2.26. The highest BCUT2D eigenvalue weighted by atomic mass is 19.1. The number of para-hydroxylation sites is 1. The summed E-state index contributed by atoms with van der Waals surface area (Å²) in [6.45, 7) is 2.75. The highest BCUT2D eigenvalue weighted by Crippen LogP contribution is 2.31. The Kier molecular flexibility index (Phi) is 4.97. The lowest BCUT2D eigenvalue weighted by atomic mass is 10.0. The molecule has 0 saturated heterocycles. The minimum Gasteiger partial charge on any atom is -0.493 e. The van der Waals surface area contributed by atoms with E-state index in [1.54, 1.807) is 23.0 Å². The summed E-state index contributed by atoms with van der Waals surface area (Å²) in [5, 5.41) is 3.24. The van der Waals surface area contributed by atoms with Gasteiger partial charge in [-0.05, 0) is 30.7 Å². The van der Waals surface area contributed by atoms with Crippen molar-refractivity contribution in [1.82, 2.24) is 14.9 Å². The number of hydrogen-bond donors (Lipinski definition) is 2. The van der Waals surface area contributed by atoms with Gasteiger partial charge in [-0.3, -0.25) is 0 Å². The van der Waals surface area contributed by atoms with E-state index >= 15 is 0 Å². The van der Waals surface area contributed by atoms with Crippen LogP contribution in [0.2, 0.25) is 0 Å². The minimum absolute atomic E-state index is 0.0528. The van der Waals surface area contributed by atoms with Crippen LogP contribution in [0.25, 0.3) is 5.69 Å². The van der Waals surface area contributed by atoms with Crippen LogP contribution in [0.3, 0.4) is 0 Å². The topological polar surface area (TPSA) is 77.5 Å². The Labute approximate surface area is 162 Å². The van der Waals surface area contributed by atoms with Gasteiger partial charge in [0.25, 0.3) is 0 Å². The average Bonchev–Trinajstić information content (AvgIpc) is 3.12. The molecule has 6 nitrogen and oxygen atoms in total. The van der Waals surface area contributed by atoms with Crippen molar-refractivity contribution in [3.05, 3.63) is 77.6 Å². The molecule has 1 aliphatic heterocycles. The second kappa shape index (κ2) is 7.72. The van der Waals surface area contributed by atoms with Crippen molar-refractivity contribution < 1.29 is 9.13 Å². The number of aryl methyl sites for hydroxylation is 1. The number of nitrogens with two attached hydrogens (primary N) is 1. The zero-order valence-corrected chi connectivity index (χ0v) is 15.6. The highest BCUT2D eigenvalue weighted by molar-refractivity contribution is 5.78. The lowest BCUT2D eigenvalue weighted by molar-refractivity contribution is 0.262. The number of nitrogens with zero attached hydrogens (tertiary/aromatic N) is 3. The van der Waals surface area contributed by atoms with Gasteiger partial charge in [0.15, 0.2) is 5.96 Å². The van der Waals surface area contributed by atoms with Crippen LogP contribution in [0.15, 0.2) is 59.9 Å². The third-order valence-electron chi connectivity index (χ3n) is 4.81. The second-order valence-electron chi connectivity index (χ2n) is 6.70. The molecule has 1 unspecified atom stereocenters. The Hall–Kier alpha value is -3.35. The molecule has 1 aromatic heterocycles. The number of aromatic nitrogens is 2. The van der Waals surface area contributed by atoms with Gasteiger partial charge in [-0.2, -0.15) is 0 Å².